The number of rotatable bonds is 7. The average molecular weight is 359 g/mol. The fourth-order valence-corrected chi connectivity index (χ4v) is 2.89. The lowest BCUT2D eigenvalue weighted by Crippen LogP contribution is -2.32. The average Bonchev–Trinajstić information content (AvgIpc) is 3.28. The molecule has 0 fully saturated rings. The third-order valence-corrected chi connectivity index (χ3v) is 4.22. The molecule has 0 saturated heterocycles. The van der Waals surface area contributed by atoms with Crippen molar-refractivity contribution in [1.82, 2.24) is 34.5 Å². The first kappa shape index (κ1) is 17.0. The van der Waals surface area contributed by atoms with Crippen LogP contribution in [-0.4, -0.2) is 41.6 Å². The second kappa shape index (κ2) is 7.79. The van der Waals surface area contributed by atoms with Crippen LogP contribution in [0.3, 0.4) is 0 Å². The van der Waals surface area contributed by atoms with Crippen molar-refractivity contribution in [2.75, 3.05) is 6.54 Å². The van der Waals surface area contributed by atoms with E-state index in [1.165, 1.54) is 10.7 Å². The lowest BCUT2D eigenvalue weighted by molar-refractivity contribution is 0.0954. The fraction of sp³-hybridized carbons (Fsp3) is 0.333. The van der Waals surface area contributed by atoms with Gasteiger partial charge >= 0.3 is 0 Å². The Hall–Kier alpha value is -2.88. The summed E-state index contributed by atoms with van der Waals surface area (Å²) in [4.78, 5) is 24.7. The molecule has 10 heteroatoms. The topological polar surface area (TPSA) is 108 Å². The molecule has 0 aliphatic rings. The van der Waals surface area contributed by atoms with Gasteiger partial charge in [-0.2, -0.15) is 5.10 Å². The van der Waals surface area contributed by atoms with Crippen LogP contribution in [0.5, 0.6) is 0 Å². The van der Waals surface area contributed by atoms with Gasteiger partial charge in [-0.15, -0.1) is 10.2 Å². The highest BCUT2D eigenvalue weighted by atomic mass is 32.1. The van der Waals surface area contributed by atoms with E-state index < -0.39 is 0 Å². The molecule has 0 aliphatic heterocycles. The summed E-state index contributed by atoms with van der Waals surface area (Å²) in [6.07, 6.45) is 4.98. The summed E-state index contributed by atoms with van der Waals surface area (Å²) in [7, 11) is 0. The highest BCUT2D eigenvalue weighted by Gasteiger charge is 2.15. The molecule has 1 N–H and O–H groups in total. The van der Waals surface area contributed by atoms with E-state index in [0.29, 0.717) is 22.8 Å². The number of hydrogen-bond acceptors (Lipinski definition) is 7. The maximum atomic E-state index is 12.2. The first-order chi connectivity index (χ1) is 12.2. The van der Waals surface area contributed by atoms with E-state index in [9.17, 15) is 9.59 Å². The largest absolute Gasteiger partial charge is 0.349 e. The van der Waals surface area contributed by atoms with E-state index >= 15 is 0 Å². The number of nitrogens with one attached hydrogen (secondary N) is 1. The van der Waals surface area contributed by atoms with Crippen LogP contribution in [0.15, 0.2) is 35.4 Å². The van der Waals surface area contributed by atoms with E-state index in [4.69, 9.17) is 0 Å². The second-order valence-corrected chi connectivity index (χ2v) is 6.01. The Morgan fingerprint density at radius 1 is 1.36 bits per heavy atom. The number of carbonyl (C=O) groups excluding carboxylic acids is 1. The third kappa shape index (κ3) is 3.97. The molecule has 1 amide bonds. The molecule has 0 spiro atoms. The molecule has 0 saturated carbocycles. The molecule has 3 aromatic rings. The lowest BCUT2D eigenvalue weighted by atomic mass is 10.2. The number of nitrogens with zero attached hydrogens (tertiary/aromatic N) is 6. The first-order valence-electron chi connectivity index (χ1n) is 7.86. The van der Waals surface area contributed by atoms with E-state index in [1.807, 2.05) is 6.92 Å². The minimum atomic E-state index is -0.240. The maximum Gasteiger partial charge on any atom is 0.266 e. The summed E-state index contributed by atoms with van der Waals surface area (Å²) >= 11 is 1.08. The molecular weight excluding hydrogens is 342 g/mol. The first-order valence-corrected chi connectivity index (χ1v) is 8.64. The minimum absolute atomic E-state index is 0.227. The fourth-order valence-electron chi connectivity index (χ4n) is 2.26. The Morgan fingerprint density at radius 2 is 2.24 bits per heavy atom. The van der Waals surface area contributed by atoms with Crippen molar-refractivity contribution in [3.8, 4) is 5.82 Å². The van der Waals surface area contributed by atoms with Gasteiger partial charge in [-0.25, -0.2) is 9.36 Å². The highest BCUT2D eigenvalue weighted by Crippen LogP contribution is 2.12. The van der Waals surface area contributed by atoms with E-state index in [-0.39, 0.29) is 24.6 Å². The zero-order valence-electron chi connectivity index (χ0n) is 13.6. The van der Waals surface area contributed by atoms with Crippen LogP contribution in [0, 0.1) is 0 Å². The van der Waals surface area contributed by atoms with E-state index in [1.54, 1.807) is 29.2 Å². The predicted octanol–water partition coefficient (Wildman–Crippen LogP) is 0.663. The second-order valence-electron chi connectivity index (χ2n) is 5.26. The summed E-state index contributed by atoms with van der Waals surface area (Å²) in [5.41, 5.74) is 0.470. The van der Waals surface area contributed by atoms with Crippen LogP contribution in [0.2, 0.25) is 0 Å². The van der Waals surface area contributed by atoms with Crippen molar-refractivity contribution < 1.29 is 4.79 Å². The van der Waals surface area contributed by atoms with Crippen LogP contribution in [-0.2, 0) is 13.0 Å². The molecular formula is C15H17N7O2S. The zero-order chi connectivity index (χ0) is 17.6. The van der Waals surface area contributed by atoms with Crippen LogP contribution in [0.25, 0.3) is 5.82 Å². The van der Waals surface area contributed by atoms with Crippen LogP contribution in [0.4, 0.5) is 0 Å². The maximum absolute atomic E-state index is 12.2. The normalized spacial score (nSPS) is 10.8. The third-order valence-electron chi connectivity index (χ3n) is 3.45. The van der Waals surface area contributed by atoms with E-state index in [2.05, 4.69) is 25.1 Å². The summed E-state index contributed by atoms with van der Waals surface area (Å²) < 4.78 is 6.70. The lowest BCUT2D eigenvalue weighted by Gasteiger charge is -2.08. The molecule has 0 bridgehead atoms. The van der Waals surface area contributed by atoms with Gasteiger partial charge in [0.05, 0.1) is 12.2 Å². The van der Waals surface area contributed by atoms with Crippen molar-refractivity contribution in [2.24, 2.45) is 0 Å². The number of amides is 1. The van der Waals surface area contributed by atoms with Gasteiger partial charge in [-0.3, -0.25) is 9.59 Å². The smallest absolute Gasteiger partial charge is 0.266 e. The standard InChI is InChI=1S/C15H17N7O2S/c1-2-4-11-14(25-20-18-11)15(24)16-8-10-22-13(23)6-5-12(19-22)21-9-3-7-17-21/h3,5-7,9H,2,4,8,10H2,1H3,(H,16,24). The molecule has 0 radical (unpaired) electrons. The summed E-state index contributed by atoms with van der Waals surface area (Å²) in [5, 5.41) is 15.1. The molecule has 3 heterocycles. The Bertz CT molecular complexity index is 901. The Morgan fingerprint density at radius 3 is 3.00 bits per heavy atom. The molecule has 0 unspecified atom stereocenters. The minimum Gasteiger partial charge on any atom is -0.349 e. The molecule has 3 rings (SSSR count). The van der Waals surface area contributed by atoms with Crippen LogP contribution >= 0.6 is 11.5 Å². The Kier molecular flexibility index (Phi) is 5.29. The van der Waals surface area contributed by atoms with Gasteiger partial charge in [0.25, 0.3) is 11.5 Å². The van der Waals surface area contributed by atoms with Gasteiger partial charge in [-0.05, 0) is 30.1 Å². The number of hydrogen-bond donors (Lipinski definition) is 1. The van der Waals surface area contributed by atoms with Crippen molar-refractivity contribution in [3.05, 3.63) is 51.5 Å². The van der Waals surface area contributed by atoms with Crippen molar-refractivity contribution >= 4 is 17.4 Å². The zero-order valence-corrected chi connectivity index (χ0v) is 14.4. The summed E-state index contributed by atoms with van der Waals surface area (Å²) in [6.45, 7) is 2.55. The van der Waals surface area contributed by atoms with Crippen LogP contribution in [0.1, 0.15) is 28.7 Å². The Labute approximate surface area is 147 Å². The van der Waals surface area contributed by atoms with Crippen molar-refractivity contribution in [2.45, 2.75) is 26.3 Å². The molecule has 9 nitrogen and oxygen atoms in total. The molecule has 25 heavy (non-hydrogen) atoms. The molecule has 3 aromatic heterocycles. The van der Waals surface area contributed by atoms with Gasteiger partial charge in [0.2, 0.25) is 0 Å². The molecule has 0 atom stereocenters. The highest BCUT2D eigenvalue weighted by molar-refractivity contribution is 7.08. The SMILES string of the molecule is CCCc1nnsc1C(=O)NCCn1nc(-n2cccn2)ccc1=O. The van der Waals surface area contributed by atoms with Gasteiger partial charge in [0.1, 0.15) is 4.88 Å². The number of carbonyl (C=O) groups is 1. The quantitative estimate of drug-likeness (QED) is 0.664. The number of aromatic nitrogens is 6. The van der Waals surface area contributed by atoms with Gasteiger partial charge < -0.3 is 5.32 Å². The van der Waals surface area contributed by atoms with E-state index in [0.717, 1.165) is 18.0 Å². The predicted molar refractivity (Wildman–Crippen MR) is 91.9 cm³/mol. The monoisotopic (exact) mass is 359 g/mol. The van der Waals surface area contributed by atoms with Gasteiger partial charge in [-0.1, -0.05) is 17.8 Å². The molecule has 0 aromatic carbocycles. The summed E-state index contributed by atoms with van der Waals surface area (Å²) in [5.74, 6) is 0.308. The summed E-state index contributed by atoms with van der Waals surface area (Å²) in [6, 6.07) is 4.80. The van der Waals surface area contributed by atoms with Crippen LogP contribution < -0.4 is 10.9 Å². The molecule has 130 valence electrons. The van der Waals surface area contributed by atoms with Crippen molar-refractivity contribution in [1.29, 1.82) is 0 Å². The Balaban J connectivity index is 1.64. The number of aryl methyl sites for hydroxylation is 1. The van der Waals surface area contributed by atoms with Gasteiger partial charge in [0, 0.05) is 25.0 Å². The van der Waals surface area contributed by atoms with Gasteiger partial charge in [0.15, 0.2) is 5.82 Å². The molecule has 0 aliphatic carbocycles. The van der Waals surface area contributed by atoms with Crippen molar-refractivity contribution in [3.63, 3.8) is 0 Å².